The lowest BCUT2D eigenvalue weighted by Gasteiger charge is -2.05. The van der Waals surface area contributed by atoms with Crippen molar-refractivity contribution < 1.29 is 17.5 Å². The fraction of sp³-hybridized carbons (Fsp3) is 0.222. The van der Waals surface area contributed by atoms with Crippen LogP contribution in [0, 0.1) is 20.8 Å². The molecule has 0 aliphatic heterocycles. The standard InChI is InChI=1S/C11H13N2.C7H8O3S/c1-8-9(2)13(3)11-7-5-4-6-10(11)12-8;1-6-2-4-7(5-3-6)11(8,9)10/h4-7H,1-3H3;2-5H,1H3,(H,8,9,10)/q+1;/p-1. The van der Waals surface area contributed by atoms with Crippen molar-refractivity contribution in [1.29, 1.82) is 0 Å². The Labute approximate surface area is 142 Å². The highest BCUT2D eigenvalue weighted by atomic mass is 32.2. The maximum Gasteiger partial charge on any atom is 0.231 e. The molecule has 2 aromatic carbocycles. The number of fused-ring (bicyclic) bond motifs is 1. The lowest BCUT2D eigenvalue weighted by Crippen LogP contribution is -2.34. The second-order valence-corrected chi connectivity index (χ2v) is 6.98. The van der Waals surface area contributed by atoms with E-state index in [1.54, 1.807) is 12.1 Å². The minimum absolute atomic E-state index is 0.178. The van der Waals surface area contributed by atoms with E-state index in [1.807, 2.05) is 32.0 Å². The van der Waals surface area contributed by atoms with E-state index in [9.17, 15) is 13.0 Å². The van der Waals surface area contributed by atoms with Crippen LogP contribution in [0.3, 0.4) is 0 Å². The van der Waals surface area contributed by atoms with Gasteiger partial charge < -0.3 is 4.55 Å². The van der Waals surface area contributed by atoms with Crippen LogP contribution in [0.2, 0.25) is 0 Å². The number of aromatic nitrogens is 2. The smallest absolute Gasteiger partial charge is 0.231 e. The zero-order valence-corrected chi connectivity index (χ0v) is 15.0. The molecule has 6 heteroatoms. The SMILES string of the molecule is Cc1ccc(S(=O)(=O)[O-])cc1.Cc1nc2ccccc2[n+](C)c1C. The van der Waals surface area contributed by atoms with Gasteiger partial charge in [-0.3, -0.25) is 0 Å². The van der Waals surface area contributed by atoms with Gasteiger partial charge in [-0.15, -0.1) is 0 Å². The third-order valence-electron chi connectivity index (χ3n) is 3.87. The van der Waals surface area contributed by atoms with Gasteiger partial charge in [0.1, 0.15) is 28.4 Å². The summed E-state index contributed by atoms with van der Waals surface area (Å²) in [4.78, 5) is 4.34. The first-order chi connectivity index (χ1) is 11.2. The summed E-state index contributed by atoms with van der Waals surface area (Å²) in [7, 11) is -2.19. The molecule has 0 fully saturated rings. The van der Waals surface area contributed by atoms with Crippen molar-refractivity contribution >= 4 is 21.2 Å². The van der Waals surface area contributed by atoms with Crippen LogP contribution >= 0.6 is 0 Å². The van der Waals surface area contributed by atoms with Crippen molar-refractivity contribution in [1.82, 2.24) is 4.98 Å². The Balaban J connectivity index is 0.000000177. The van der Waals surface area contributed by atoms with Gasteiger partial charge in [-0.05, 0) is 32.0 Å². The molecule has 0 saturated carbocycles. The highest BCUT2D eigenvalue weighted by Crippen LogP contribution is 2.09. The van der Waals surface area contributed by atoms with Crippen LogP contribution in [0.1, 0.15) is 17.0 Å². The predicted molar refractivity (Wildman–Crippen MR) is 91.5 cm³/mol. The van der Waals surface area contributed by atoms with Crippen LogP contribution in [-0.4, -0.2) is 18.0 Å². The second kappa shape index (κ2) is 7.07. The first kappa shape index (κ1) is 18.0. The average molecular weight is 344 g/mol. The van der Waals surface area contributed by atoms with E-state index in [0.29, 0.717) is 0 Å². The van der Waals surface area contributed by atoms with Gasteiger partial charge >= 0.3 is 0 Å². The summed E-state index contributed by atoms with van der Waals surface area (Å²) >= 11 is 0. The molecule has 24 heavy (non-hydrogen) atoms. The van der Waals surface area contributed by atoms with Crippen LogP contribution in [0.15, 0.2) is 53.4 Å². The van der Waals surface area contributed by atoms with Gasteiger partial charge in [0, 0.05) is 13.0 Å². The molecule has 0 amide bonds. The van der Waals surface area contributed by atoms with E-state index in [-0.39, 0.29) is 4.90 Å². The van der Waals surface area contributed by atoms with E-state index in [1.165, 1.54) is 23.3 Å². The second-order valence-electron chi connectivity index (χ2n) is 5.60. The molecule has 0 unspecified atom stereocenters. The fourth-order valence-corrected chi connectivity index (χ4v) is 2.70. The summed E-state index contributed by atoms with van der Waals surface area (Å²) < 4.78 is 33.3. The summed E-state index contributed by atoms with van der Waals surface area (Å²) in [6.45, 7) is 5.96. The van der Waals surface area contributed by atoms with E-state index >= 15 is 0 Å². The minimum Gasteiger partial charge on any atom is -0.744 e. The monoisotopic (exact) mass is 344 g/mol. The number of aryl methyl sites for hydroxylation is 3. The Morgan fingerprint density at radius 2 is 1.54 bits per heavy atom. The first-order valence-electron chi connectivity index (χ1n) is 7.44. The van der Waals surface area contributed by atoms with Gasteiger partial charge in [0.2, 0.25) is 5.52 Å². The fourth-order valence-electron chi connectivity index (χ4n) is 2.23. The summed E-state index contributed by atoms with van der Waals surface area (Å²) in [6, 6.07) is 14.0. The molecule has 0 aliphatic rings. The molecule has 3 aromatic rings. The molecule has 3 rings (SSSR count). The number of para-hydroxylation sites is 2. The molecular weight excluding hydrogens is 324 g/mol. The van der Waals surface area contributed by atoms with Crippen molar-refractivity contribution in [2.75, 3.05) is 0 Å². The Kier molecular flexibility index (Phi) is 5.31. The highest BCUT2D eigenvalue weighted by molar-refractivity contribution is 7.85. The molecule has 0 saturated heterocycles. The van der Waals surface area contributed by atoms with Crippen molar-refractivity contribution in [3.8, 4) is 0 Å². The first-order valence-corrected chi connectivity index (χ1v) is 8.85. The molecule has 1 heterocycles. The Morgan fingerprint density at radius 3 is 2.12 bits per heavy atom. The minimum atomic E-state index is -4.27. The van der Waals surface area contributed by atoms with E-state index in [2.05, 4.69) is 29.6 Å². The summed E-state index contributed by atoms with van der Waals surface area (Å²) in [5.74, 6) is 0. The van der Waals surface area contributed by atoms with E-state index in [4.69, 9.17) is 0 Å². The molecule has 0 radical (unpaired) electrons. The molecule has 0 N–H and O–H groups in total. The number of hydrogen-bond donors (Lipinski definition) is 0. The molecule has 126 valence electrons. The molecule has 0 bridgehead atoms. The topological polar surface area (TPSA) is 74.0 Å². The molecule has 0 aliphatic carbocycles. The molecule has 0 atom stereocenters. The van der Waals surface area contributed by atoms with Gasteiger partial charge in [0.25, 0.3) is 0 Å². The van der Waals surface area contributed by atoms with Gasteiger partial charge in [-0.25, -0.2) is 13.4 Å². The summed E-state index contributed by atoms with van der Waals surface area (Å²) in [6.07, 6.45) is 0. The normalized spacial score (nSPS) is 11.0. The van der Waals surface area contributed by atoms with Crippen LogP contribution < -0.4 is 4.57 Å². The Morgan fingerprint density at radius 1 is 0.958 bits per heavy atom. The van der Waals surface area contributed by atoms with Gasteiger partial charge in [-0.1, -0.05) is 29.8 Å². The van der Waals surface area contributed by atoms with Crippen molar-refractivity contribution in [3.63, 3.8) is 0 Å². The number of hydrogen-bond acceptors (Lipinski definition) is 4. The maximum absolute atomic E-state index is 10.4. The Bertz CT molecular complexity index is 965. The molecule has 1 aromatic heterocycles. The van der Waals surface area contributed by atoms with Crippen molar-refractivity contribution in [2.45, 2.75) is 25.7 Å². The zero-order chi connectivity index (χ0) is 17.9. The predicted octanol–water partition coefficient (Wildman–Crippen LogP) is 2.58. The maximum atomic E-state index is 10.4. The van der Waals surface area contributed by atoms with Gasteiger partial charge in [0.15, 0.2) is 5.69 Å². The van der Waals surface area contributed by atoms with Crippen molar-refractivity contribution in [2.24, 2.45) is 7.05 Å². The third-order valence-corrected chi connectivity index (χ3v) is 4.72. The third kappa shape index (κ3) is 4.15. The number of rotatable bonds is 1. The van der Waals surface area contributed by atoms with E-state index < -0.39 is 10.1 Å². The average Bonchev–Trinajstić information content (AvgIpc) is 2.53. The van der Waals surface area contributed by atoms with E-state index in [0.717, 1.165) is 16.8 Å². The Hall–Kier alpha value is -2.31. The van der Waals surface area contributed by atoms with Crippen LogP contribution in [0.4, 0.5) is 0 Å². The van der Waals surface area contributed by atoms with Crippen LogP contribution in [0.5, 0.6) is 0 Å². The molecular formula is C18H20N2O3S. The lowest BCUT2D eigenvalue weighted by molar-refractivity contribution is -0.652. The van der Waals surface area contributed by atoms with Crippen LogP contribution in [0.25, 0.3) is 11.0 Å². The summed E-state index contributed by atoms with van der Waals surface area (Å²) in [5.41, 5.74) is 5.50. The largest absolute Gasteiger partial charge is 0.744 e. The highest BCUT2D eigenvalue weighted by Gasteiger charge is 2.11. The quantitative estimate of drug-likeness (QED) is 0.502. The lowest BCUT2D eigenvalue weighted by atomic mass is 10.2. The zero-order valence-electron chi connectivity index (χ0n) is 14.1. The number of nitrogens with zero attached hydrogens (tertiary/aromatic N) is 2. The summed E-state index contributed by atoms with van der Waals surface area (Å²) in [5, 5.41) is 0. The van der Waals surface area contributed by atoms with Gasteiger partial charge in [-0.2, -0.15) is 4.57 Å². The van der Waals surface area contributed by atoms with Gasteiger partial charge in [0.05, 0.1) is 4.90 Å². The molecule has 0 spiro atoms. The molecule has 5 nitrogen and oxygen atoms in total. The number of benzene rings is 2. The van der Waals surface area contributed by atoms with Crippen molar-refractivity contribution in [3.05, 3.63) is 65.5 Å². The van der Waals surface area contributed by atoms with Crippen LogP contribution in [-0.2, 0) is 17.2 Å².